The molecule has 1 unspecified atom stereocenters. The molecule has 1 atom stereocenters. The molecule has 0 bridgehead atoms. The highest BCUT2D eigenvalue weighted by Gasteiger charge is 2.22. The lowest BCUT2D eigenvalue weighted by atomic mass is 10.0. The van der Waals surface area contributed by atoms with Crippen LogP contribution in [0.3, 0.4) is 0 Å². The molecule has 0 amide bonds. The first-order chi connectivity index (χ1) is 7.58. The molecule has 0 N–H and O–H groups in total. The summed E-state index contributed by atoms with van der Waals surface area (Å²) in [5.41, 5.74) is 4.59. The van der Waals surface area contributed by atoms with E-state index in [1.54, 1.807) is 0 Å². The molecule has 1 heterocycles. The first kappa shape index (κ1) is 11.2. The molecule has 86 valence electrons. The Balaban J connectivity index is 2.26. The summed E-state index contributed by atoms with van der Waals surface area (Å²) in [6.45, 7) is 9.37. The van der Waals surface area contributed by atoms with E-state index in [4.69, 9.17) is 0 Å². The average molecular weight is 219 g/mol. The SMILES string of the molecule is C=C(C)c1ccc(N2CCC(F)C2)c(C)c1. The third-order valence-electron chi connectivity index (χ3n) is 3.16. The van der Waals surface area contributed by atoms with Crippen LogP contribution < -0.4 is 4.90 Å². The van der Waals surface area contributed by atoms with Crippen molar-refractivity contribution in [3.8, 4) is 0 Å². The summed E-state index contributed by atoms with van der Waals surface area (Å²) in [4.78, 5) is 2.13. The van der Waals surface area contributed by atoms with Crippen molar-refractivity contribution in [3.05, 3.63) is 35.9 Å². The van der Waals surface area contributed by atoms with Crippen molar-refractivity contribution in [1.29, 1.82) is 0 Å². The molecular weight excluding hydrogens is 201 g/mol. The van der Waals surface area contributed by atoms with Gasteiger partial charge in [-0.1, -0.05) is 18.2 Å². The first-order valence-corrected chi connectivity index (χ1v) is 5.73. The normalized spacial score (nSPS) is 20.2. The van der Waals surface area contributed by atoms with Gasteiger partial charge in [0, 0.05) is 18.8 Å². The zero-order valence-corrected chi connectivity index (χ0v) is 9.96. The highest BCUT2D eigenvalue weighted by atomic mass is 19.1. The van der Waals surface area contributed by atoms with Crippen LogP contribution in [-0.2, 0) is 0 Å². The van der Waals surface area contributed by atoms with Gasteiger partial charge in [0.25, 0.3) is 0 Å². The first-order valence-electron chi connectivity index (χ1n) is 5.73. The van der Waals surface area contributed by atoms with Crippen LogP contribution >= 0.6 is 0 Å². The maximum atomic E-state index is 13.1. The van der Waals surface area contributed by atoms with E-state index in [9.17, 15) is 4.39 Å². The zero-order chi connectivity index (χ0) is 11.7. The molecule has 1 fully saturated rings. The van der Waals surface area contributed by atoms with Gasteiger partial charge in [0.05, 0.1) is 0 Å². The number of hydrogen-bond acceptors (Lipinski definition) is 1. The van der Waals surface area contributed by atoms with Crippen LogP contribution in [-0.4, -0.2) is 19.3 Å². The molecule has 0 saturated carbocycles. The van der Waals surface area contributed by atoms with Gasteiger partial charge in [0.15, 0.2) is 0 Å². The van der Waals surface area contributed by atoms with Gasteiger partial charge in [-0.3, -0.25) is 0 Å². The lowest BCUT2D eigenvalue weighted by molar-refractivity contribution is 0.364. The standard InChI is InChI=1S/C14H18FN/c1-10(2)12-4-5-14(11(3)8-12)16-7-6-13(15)9-16/h4-5,8,13H,1,6-7,9H2,2-3H3. The fourth-order valence-corrected chi connectivity index (χ4v) is 2.21. The van der Waals surface area contributed by atoms with E-state index >= 15 is 0 Å². The molecule has 1 aliphatic heterocycles. The molecule has 16 heavy (non-hydrogen) atoms. The second-order valence-corrected chi connectivity index (χ2v) is 4.61. The quantitative estimate of drug-likeness (QED) is 0.735. The van der Waals surface area contributed by atoms with E-state index < -0.39 is 6.17 Å². The average Bonchev–Trinajstić information content (AvgIpc) is 2.64. The number of aryl methyl sites for hydroxylation is 1. The lowest BCUT2D eigenvalue weighted by Gasteiger charge is -2.20. The molecule has 1 aromatic rings. The largest absolute Gasteiger partial charge is 0.368 e. The molecule has 0 aromatic heterocycles. The van der Waals surface area contributed by atoms with E-state index in [-0.39, 0.29) is 0 Å². The van der Waals surface area contributed by atoms with Gasteiger partial charge in [0.2, 0.25) is 0 Å². The monoisotopic (exact) mass is 219 g/mol. The molecule has 0 radical (unpaired) electrons. The van der Waals surface area contributed by atoms with Gasteiger partial charge in [-0.25, -0.2) is 4.39 Å². The number of hydrogen-bond donors (Lipinski definition) is 0. The number of nitrogens with zero attached hydrogens (tertiary/aromatic N) is 1. The molecule has 2 rings (SSSR count). The van der Waals surface area contributed by atoms with Crippen LogP contribution in [0.5, 0.6) is 0 Å². The van der Waals surface area contributed by atoms with Crippen molar-refractivity contribution in [2.75, 3.05) is 18.0 Å². The Morgan fingerprint density at radius 2 is 2.25 bits per heavy atom. The minimum atomic E-state index is -0.666. The number of alkyl halides is 1. The lowest BCUT2D eigenvalue weighted by Crippen LogP contribution is -2.20. The number of benzene rings is 1. The highest BCUT2D eigenvalue weighted by molar-refractivity contribution is 5.66. The third-order valence-corrected chi connectivity index (χ3v) is 3.16. The van der Waals surface area contributed by atoms with E-state index in [1.165, 1.54) is 5.56 Å². The second-order valence-electron chi connectivity index (χ2n) is 4.61. The Morgan fingerprint density at radius 1 is 1.50 bits per heavy atom. The third kappa shape index (κ3) is 2.11. The molecule has 1 aliphatic rings. The predicted molar refractivity (Wildman–Crippen MR) is 67.6 cm³/mol. The zero-order valence-electron chi connectivity index (χ0n) is 9.96. The van der Waals surface area contributed by atoms with Gasteiger partial charge in [-0.2, -0.15) is 0 Å². The van der Waals surface area contributed by atoms with Crippen LogP contribution in [0, 0.1) is 6.92 Å². The summed E-state index contributed by atoms with van der Waals surface area (Å²) in [6, 6.07) is 6.27. The minimum absolute atomic E-state index is 0.535. The van der Waals surface area contributed by atoms with Crippen molar-refractivity contribution in [1.82, 2.24) is 0 Å². The van der Waals surface area contributed by atoms with Gasteiger partial charge < -0.3 is 4.90 Å². The van der Waals surface area contributed by atoms with Crippen molar-refractivity contribution >= 4 is 11.3 Å². The van der Waals surface area contributed by atoms with E-state index in [1.807, 2.05) is 6.92 Å². The Morgan fingerprint density at radius 3 is 2.75 bits per heavy atom. The van der Waals surface area contributed by atoms with Gasteiger partial charge in [-0.05, 0) is 43.5 Å². The Bertz CT molecular complexity index is 411. The Hall–Kier alpha value is -1.31. The smallest absolute Gasteiger partial charge is 0.119 e. The maximum absolute atomic E-state index is 13.1. The highest BCUT2D eigenvalue weighted by Crippen LogP contribution is 2.27. The van der Waals surface area contributed by atoms with E-state index in [0.717, 1.165) is 23.4 Å². The van der Waals surface area contributed by atoms with Gasteiger partial charge in [-0.15, -0.1) is 0 Å². The predicted octanol–water partition coefficient (Wildman–Crippen LogP) is 3.58. The van der Waals surface area contributed by atoms with Crippen LogP contribution in [0.1, 0.15) is 24.5 Å². The second kappa shape index (κ2) is 4.28. The number of halogens is 1. The van der Waals surface area contributed by atoms with Crippen molar-refractivity contribution < 1.29 is 4.39 Å². The van der Waals surface area contributed by atoms with Crippen molar-refractivity contribution in [2.24, 2.45) is 0 Å². The fourth-order valence-electron chi connectivity index (χ4n) is 2.21. The summed E-state index contributed by atoms with van der Waals surface area (Å²) in [7, 11) is 0. The number of anilines is 1. The van der Waals surface area contributed by atoms with Crippen LogP contribution in [0.4, 0.5) is 10.1 Å². The summed E-state index contributed by atoms with van der Waals surface area (Å²) >= 11 is 0. The topological polar surface area (TPSA) is 3.24 Å². The molecule has 1 aromatic carbocycles. The summed E-state index contributed by atoms with van der Waals surface area (Å²) < 4.78 is 13.1. The Kier molecular flexibility index (Phi) is 2.99. The summed E-state index contributed by atoms with van der Waals surface area (Å²) in [5, 5.41) is 0. The maximum Gasteiger partial charge on any atom is 0.119 e. The van der Waals surface area contributed by atoms with E-state index in [0.29, 0.717) is 13.0 Å². The van der Waals surface area contributed by atoms with Crippen LogP contribution in [0.15, 0.2) is 24.8 Å². The molecule has 2 heteroatoms. The molecule has 1 saturated heterocycles. The molecule has 0 aliphatic carbocycles. The van der Waals surface area contributed by atoms with Crippen molar-refractivity contribution in [3.63, 3.8) is 0 Å². The van der Waals surface area contributed by atoms with Gasteiger partial charge in [0.1, 0.15) is 6.17 Å². The van der Waals surface area contributed by atoms with Crippen molar-refractivity contribution in [2.45, 2.75) is 26.4 Å². The fraction of sp³-hybridized carbons (Fsp3) is 0.429. The molecule has 1 nitrogen and oxygen atoms in total. The molecule has 0 spiro atoms. The summed E-state index contributed by atoms with van der Waals surface area (Å²) in [6.07, 6.45) is -0.0120. The molecular formula is C14H18FN. The number of rotatable bonds is 2. The Labute approximate surface area is 96.6 Å². The van der Waals surface area contributed by atoms with E-state index in [2.05, 4.69) is 36.6 Å². The summed E-state index contributed by atoms with van der Waals surface area (Å²) in [5.74, 6) is 0. The number of allylic oxidation sites excluding steroid dienone is 1. The van der Waals surface area contributed by atoms with Gasteiger partial charge >= 0.3 is 0 Å². The van der Waals surface area contributed by atoms with Crippen LogP contribution in [0.2, 0.25) is 0 Å². The van der Waals surface area contributed by atoms with Crippen LogP contribution in [0.25, 0.3) is 5.57 Å². The minimum Gasteiger partial charge on any atom is -0.368 e.